The van der Waals surface area contributed by atoms with E-state index in [1.54, 1.807) is 12.3 Å². The number of amides is 2. The van der Waals surface area contributed by atoms with Gasteiger partial charge in [-0.15, -0.1) is 0 Å². The van der Waals surface area contributed by atoms with Crippen LogP contribution in [0.2, 0.25) is 0 Å². The molecule has 9 heteroatoms. The summed E-state index contributed by atoms with van der Waals surface area (Å²) in [7, 11) is 0. The number of aromatic amines is 1. The van der Waals surface area contributed by atoms with Crippen molar-refractivity contribution in [1.29, 1.82) is 0 Å². The van der Waals surface area contributed by atoms with Crippen LogP contribution in [0.25, 0.3) is 11.0 Å². The number of piperidine rings is 1. The summed E-state index contributed by atoms with van der Waals surface area (Å²) in [6.45, 7) is 3.29. The molecule has 2 amide bonds. The minimum atomic E-state index is -0.917. The Labute approximate surface area is 172 Å². The van der Waals surface area contributed by atoms with E-state index in [2.05, 4.69) is 25.5 Å². The van der Waals surface area contributed by atoms with Gasteiger partial charge in [0.15, 0.2) is 17.4 Å². The zero-order valence-corrected chi connectivity index (χ0v) is 16.4. The van der Waals surface area contributed by atoms with Gasteiger partial charge in [0.1, 0.15) is 11.4 Å². The number of H-pyrrole nitrogens is 1. The average molecular weight is 415 g/mol. The van der Waals surface area contributed by atoms with Gasteiger partial charge >= 0.3 is 6.03 Å². The fourth-order valence-electron chi connectivity index (χ4n) is 3.55. The van der Waals surface area contributed by atoms with E-state index < -0.39 is 23.4 Å². The molecule has 0 unspecified atom stereocenters. The summed E-state index contributed by atoms with van der Waals surface area (Å²) in [5, 5.41) is 5.77. The second-order valence-electron chi connectivity index (χ2n) is 7.20. The summed E-state index contributed by atoms with van der Waals surface area (Å²) < 4.78 is 34.5. The summed E-state index contributed by atoms with van der Waals surface area (Å²) in [5.41, 5.74) is 0.558. The van der Waals surface area contributed by atoms with Gasteiger partial charge in [-0.3, -0.25) is 0 Å². The summed E-state index contributed by atoms with van der Waals surface area (Å²) in [6, 6.07) is 4.77. The van der Waals surface area contributed by atoms with Gasteiger partial charge in [-0.1, -0.05) is 6.42 Å². The molecule has 1 aliphatic rings. The normalized spacial score (nSPS) is 14.6. The molecular weight excluding hydrogens is 392 g/mol. The van der Waals surface area contributed by atoms with Gasteiger partial charge in [0.25, 0.3) is 0 Å². The number of carbonyl (C=O) groups is 1. The van der Waals surface area contributed by atoms with Crippen molar-refractivity contribution in [2.75, 3.05) is 31.5 Å². The molecule has 0 bridgehead atoms. The first-order valence-corrected chi connectivity index (χ1v) is 9.96. The van der Waals surface area contributed by atoms with Crippen LogP contribution >= 0.6 is 0 Å². The number of anilines is 1. The van der Waals surface area contributed by atoms with Gasteiger partial charge in [-0.2, -0.15) is 0 Å². The number of urea groups is 1. The molecule has 2 aromatic heterocycles. The van der Waals surface area contributed by atoms with Crippen LogP contribution in [0.5, 0.6) is 11.5 Å². The highest BCUT2D eigenvalue weighted by atomic mass is 19.1. The maximum Gasteiger partial charge on any atom is 0.319 e. The Balaban J connectivity index is 1.37. The van der Waals surface area contributed by atoms with E-state index in [9.17, 15) is 13.6 Å². The topological polar surface area (TPSA) is 82.3 Å². The summed E-state index contributed by atoms with van der Waals surface area (Å²) in [6.07, 6.45) is 6.74. The van der Waals surface area contributed by atoms with Crippen LogP contribution in [0.1, 0.15) is 19.3 Å². The van der Waals surface area contributed by atoms with Gasteiger partial charge in [-0.05, 0) is 38.1 Å². The molecule has 30 heavy (non-hydrogen) atoms. The number of rotatable bonds is 6. The molecule has 0 atom stereocenters. The fraction of sp³-hybridized carbons (Fsp3) is 0.333. The Bertz CT molecular complexity index is 1010. The van der Waals surface area contributed by atoms with E-state index in [4.69, 9.17) is 4.74 Å². The van der Waals surface area contributed by atoms with E-state index in [-0.39, 0.29) is 11.4 Å². The van der Waals surface area contributed by atoms with Crippen molar-refractivity contribution >= 4 is 22.8 Å². The molecule has 1 aliphatic heterocycles. The summed E-state index contributed by atoms with van der Waals surface area (Å²) >= 11 is 0. The molecule has 4 rings (SSSR count). The second-order valence-corrected chi connectivity index (χ2v) is 7.20. The lowest BCUT2D eigenvalue weighted by atomic mass is 10.1. The molecule has 1 saturated heterocycles. The largest absolute Gasteiger partial charge is 0.450 e. The Hall–Kier alpha value is -3.20. The van der Waals surface area contributed by atoms with Crippen molar-refractivity contribution in [3.8, 4) is 11.5 Å². The maximum absolute atomic E-state index is 14.5. The maximum atomic E-state index is 14.5. The summed E-state index contributed by atoms with van der Waals surface area (Å²) in [4.78, 5) is 21.3. The molecule has 3 heterocycles. The van der Waals surface area contributed by atoms with Crippen LogP contribution in [0.4, 0.5) is 19.3 Å². The molecule has 158 valence electrons. The van der Waals surface area contributed by atoms with Crippen LogP contribution in [-0.2, 0) is 0 Å². The number of carbonyl (C=O) groups excluding carboxylic acids is 1. The van der Waals surface area contributed by atoms with Crippen molar-refractivity contribution in [3.63, 3.8) is 0 Å². The first kappa shape index (κ1) is 20.1. The standard InChI is InChI=1S/C21H23F2N5O2/c22-16-12-14(27-21(29)26-8-11-28-9-2-1-3-10-28)13-17(23)19(16)30-18-5-7-25-20-15(18)4-6-24-20/h4-7,12-13H,1-3,8-11H2,(H,24,25)(H2,26,27,29). The second kappa shape index (κ2) is 9.08. The molecule has 0 spiro atoms. The predicted molar refractivity (Wildman–Crippen MR) is 110 cm³/mol. The van der Waals surface area contributed by atoms with Crippen molar-refractivity contribution in [2.45, 2.75) is 19.3 Å². The molecule has 3 N–H and O–H groups in total. The van der Waals surface area contributed by atoms with E-state index in [0.717, 1.165) is 31.8 Å². The SMILES string of the molecule is O=C(NCCN1CCCCC1)Nc1cc(F)c(Oc2ccnc3[nH]ccc23)c(F)c1. The van der Waals surface area contributed by atoms with Crippen molar-refractivity contribution in [1.82, 2.24) is 20.2 Å². The van der Waals surface area contributed by atoms with Crippen LogP contribution < -0.4 is 15.4 Å². The fourth-order valence-corrected chi connectivity index (χ4v) is 3.55. The number of hydrogen-bond acceptors (Lipinski definition) is 4. The van der Waals surface area contributed by atoms with Crippen molar-refractivity contribution in [3.05, 3.63) is 48.3 Å². The minimum Gasteiger partial charge on any atom is -0.450 e. The van der Waals surface area contributed by atoms with E-state index >= 15 is 0 Å². The van der Waals surface area contributed by atoms with Crippen molar-refractivity contribution in [2.24, 2.45) is 0 Å². The van der Waals surface area contributed by atoms with Crippen LogP contribution in [0.15, 0.2) is 36.7 Å². The number of ether oxygens (including phenoxy) is 1. The molecule has 3 aromatic rings. The van der Waals surface area contributed by atoms with Gasteiger partial charge in [0.2, 0.25) is 0 Å². The van der Waals surface area contributed by atoms with E-state index in [1.807, 2.05) is 0 Å². The van der Waals surface area contributed by atoms with Gasteiger partial charge in [-0.25, -0.2) is 18.6 Å². The van der Waals surface area contributed by atoms with Crippen molar-refractivity contribution < 1.29 is 18.3 Å². The van der Waals surface area contributed by atoms with E-state index in [1.165, 1.54) is 31.5 Å². The lowest BCUT2D eigenvalue weighted by Crippen LogP contribution is -2.39. The number of pyridine rings is 1. The Morgan fingerprint density at radius 1 is 1.17 bits per heavy atom. The zero-order valence-electron chi connectivity index (χ0n) is 16.4. The minimum absolute atomic E-state index is 0.00865. The zero-order chi connectivity index (χ0) is 20.9. The number of nitrogens with zero attached hydrogens (tertiary/aromatic N) is 2. The Morgan fingerprint density at radius 2 is 1.93 bits per heavy atom. The Morgan fingerprint density at radius 3 is 2.70 bits per heavy atom. The Kier molecular flexibility index (Phi) is 6.08. The molecule has 1 fully saturated rings. The number of fused-ring (bicyclic) bond motifs is 1. The molecule has 0 saturated carbocycles. The average Bonchev–Trinajstić information content (AvgIpc) is 3.21. The smallest absolute Gasteiger partial charge is 0.319 e. The quantitative estimate of drug-likeness (QED) is 0.562. The molecule has 1 aromatic carbocycles. The highest BCUT2D eigenvalue weighted by molar-refractivity contribution is 5.89. The number of hydrogen-bond donors (Lipinski definition) is 3. The lowest BCUT2D eigenvalue weighted by Gasteiger charge is -2.26. The molecule has 0 aliphatic carbocycles. The van der Waals surface area contributed by atoms with Crippen LogP contribution in [0.3, 0.4) is 0 Å². The van der Waals surface area contributed by atoms with Gasteiger partial charge in [0, 0.05) is 43.3 Å². The lowest BCUT2D eigenvalue weighted by molar-refractivity contribution is 0.224. The van der Waals surface area contributed by atoms with E-state index in [0.29, 0.717) is 17.6 Å². The number of aromatic nitrogens is 2. The molecule has 7 nitrogen and oxygen atoms in total. The first-order valence-electron chi connectivity index (χ1n) is 9.96. The third-order valence-corrected chi connectivity index (χ3v) is 5.05. The monoisotopic (exact) mass is 415 g/mol. The first-order chi connectivity index (χ1) is 14.6. The molecular formula is C21H23F2N5O2. The number of halogens is 2. The predicted octanol–water partition coefficient (Wildman–Crippen LogP) is 4.24. The van der Waals surface area contributed by atoms with Crippen LogP contribution in [0, 0.1) is 11.6 Å². The van der Waals surface area contributed by atoms with Gasteiger partial charge in [0.05, 0.1) is 5.39 Å². The number of likely N-dealkylation sites (tertiary alicyclic amines) is 1. The molecule has 0 radical (unpaired) electrons. The third-order valence-electron chi connectivity index (χ3n) is 5.05. The third kappa shape index (κ3) is 4.68. The van der Waals surface area contributed by atoms with Crippen LogP contribution in [-0.4, -0.2) is 47.1 Å². The highest BCUT2D eigenvalue weighted by Crippen LogP contribution is 2.33. The number of nitrogens with one attached hydrogen (secondary N) is 3. The summed E-state index contributed by atoms with van der Waals surface area (Å²) in [5.74, 6) is -2.10. The van der Waals surface area contributed by atoms with Gasteiger partial charge < -0.3 is 25.3 Å². The highest BCUT2D eigenvalue weighted by Gasteiger charge is 2.17. The number of benzene rings is 1.